The molecule has 5 nitrogen and oxygen atoms in total. The molecule has 0 unspecified atom stereocenters. The Morgan fingerprint density at radius 2 is 1.88 bits per heavy atom. The molecule has 0 N–H and O–H groups in total. The van der Waals surface area contributed by atoms with Gasteiger partial charge in [-0.05, 0) is 11.6 Å². The number of benzene rings is 1. The fourth-order valence-electron chi connectivity index (χ4n) is 3.02. The van der Waals surface area contributed by atoms with E-state index in [0.29, 0.717) is 43.9 Å². The molecule has 1 aromatic carbocycles. The molecule has 1 aliphatic heterocycles. The van der Waals surface area contributed by atoms with Gasteiger partial charge >= 0.3 is 0 Å². The molecule has 0 amide bonds. The van der Waals surface area contributed by atoms with Crippen molar-refractivity contribution in [2.75, 3.05) is 20.3 Å². The van der Waals surface area contributed by atoms with E-state index in [-0.39, 0.29) is 0 Å². The van der Waals surface area contributed by atoms with Crippen molar-refractivity contribution in [3.63, 3.8) is 0 Å². The van der Waals surface area contributed by atoms with Crippen LogP contribution in [0.15, 0.2) is 36.4 Å². The summed E-state index contributed by atoms with van der Waals surface area (Å²) in [5.74, 6) is -0.395. The van der Waals surface area contributed by atoms with Gasteiger partial charge in [-0.25, -0.2) is 4.98 Å². The van der Waals surface area contributed by atoms with Crippen LogP contribution < -0.4 is 4.74 Å². The summed E-state index contributed by atoms with van der Waals surface area (Å²) >= 11 is 6.19. The van der Waals surface area contributed by atoms with E-state index in [1.165, 1.54) is 0 Å². The van der Waals surface area contributed by atoms with Crippen LogP contribution in [0.25, 0.3) is 0 Å². The number of ether oxygens (including phenoxy) is 4. The van der Waals surface area contributed by atoms with E-state index in [4.69, 9.17) is 30.5 Å². The van der Waals surface area contributed by atoms with Crippen molar-refractivity contribution in [3.8, 4) is 5.88 Å². The Morgan fingerprint density at radius 1 is 1.16 bits per heavy atom. The number of hydrogen-bond acceptors (Lipinski definition) is 5. The zero-order valence-corrected chi connectivity index (χ0v) is 15.2. The number of aromatic nitrogens is 1. The monoisotopic (exact) mass is 363 g/mol. The lowest BCUT2D eigenvalue weighted by Gasteiger charge is -2.29. The lowest BCUT2D eigenvalue weighted by Crippen LogP contribution is -2.28. The maximum absolute atomic E-state index is 6.19. The Hall–Kier alpha value is -1.66. The molecular formula is C19H22ClNO4. The predicted molar refractivity (Wildman–Crippen MR) is 94.6 cm³/mol. The average molecular weight is 364 g/mol. The highest BCUT2D eigenvalue weighted by Crippen LogP contribution is 2.40. The smallest absolute Gasteiger partial charge is 0.220 e. The van der Waals surface area contributed by atoms with Gasteiger partial charge in [0.15, 0.2) is 5.79 Å². The molecule has 25 heavy (non-hydrogen) atoms. The summed E-state index contributed by atoms with van der Waals surface area (Å²) in [6.07, 6.45) is 0.655. The molecule has 3 rings (SSSR count). The second kappa shape index (κ2) is 8.15. The van der Waals surface area contributed by atoms with Crippen LogP contribution in [-0.2, 0) is 33.2 Å². The Bertz CT molecular complexity index is 702. The third-order valence-corrected chi connectivity index (χ3v) is 4.43. The molecule has 0 saturated carbocycles. The number of halogens is 1. The van der Waals surface area contributed by atoms with E-state index in [9.17, 15) is 0 Å². The molecule has 1 aliphatic rings. The standard InChI is InChI=1S/C19H22ClNO4/c1-3-19(24-9-10-25-19)16-11-17(20)21-18(22-2)15(16)13-23-12-14-7-5-4-6-8-14/h4-8,11H,3,9-10,12-13H2,1-2H3. The molecule has 2 aromatic rings. The number of pyridine rings is 1. The normalized spacial score (nSPS) is 16.1. The molecular weight excluding hydrogens is 342 g/mol. The Balaban J connectivity index is 1.88. The lowest BCUT2D eigenvalue weighted by molar-refractivity contribution is -0.168. The predicted octanol–water partition coefficient (Wildman–Crippen LogP) is 4.07. The summed E-state index contributed by atoms with van der Waals surface area (Å²) in [6.45, 7) is 3.92. The quantitative estimate of drug-likeness (QED) is 0.694. The molecule has 0 radical (unpaired) electrons. The van der Waals surface area contributed by atoms with Crippen LogP contribution in [0.5, 0.6) is 5.88 Å². The number of methoxy groups -OCH3 is 1. The fourth-order valence-corrected chi connectivity index (χ4v) is 3.20. The summed E-state index contributed by atoms with van der Waals surface area (Å²) < 4.78 is 23.2. The van der Waals surface area contributed by atoms with Crippen LogP contribution in [0.1, 0.15) is 30.0 Å². The Labute approximate surface area is 152 Å². The summed E-state index contributed by atoms with van der Waals surface area (Å²) in [4.78, 5) is 4.27. The first-order chi connectivity index (χ1) is 12.2. The molecule has 6 heteroatoms. The molecule has 1 aromatic heterocycles. The summed E-state index contributed by atoms with van der Waals surface area (Å²) in [5, 5.41) is 0.339. The van der Waals surface area contributed by atoms with E-state index >= 15 is 0 Å². The number of hydrogen-bond donors (Lipinski definition) is 0. The Morgan fingerprint density at radius 3 is 2.52 bits per heavy atom. The fraction of sp³-hybridized carbons (Fsp3) is 0.421. The summed E-state index contributed by atoms with van der Waals surface area (Å²) in [7, 11) is 1.57. The molecule has 2 heterocycles. The topological polar surface area (TPSA) is 49.8 Å². The highest BCUT2D eigenvalue weighted by atomic mass is 35.5. The van der Waals surface area contributed by atoms with E-state index in [0.717, 1.165) is 16.7 Å². The SMILES string of the molecule is CCC1(c2cc(Cl)nc(OC)c2COCc2ccccc2)OCCO1. The van der Waals surface area contributed by atoms with Gasteiger partial charge in [-0.2, -0.15) is 0 Å². The molecule has 0 bridgehead atoms. The lowest BCUT2D eigenvalue weighted by atomic mass is 9.99. The van der Waals surface area contributed by atoms with Crippen LogP contribution in [0.4, 0.5) is 0 Å². The van der Waals surface area contributed by atoms with Crippen molar-refractivity contribution in [3.05, 3.63) is 58.2 Å². The van der Waals surface area contributed by atoms with Crippen molar-refractivity contribution >= 4 is 11.6 Å². The largest absolute Gasteiger partial charge is 0.481 e. The third kappa shape index (κ3) is 3.96. The molecule has 0 aliphatic carbocycles. The minimum absolute atomic E-state index is 0.325. The number of nitrogens with zero attached hydrogens (tertiary/aromatic N) is 1. The zero-order valence-electron chi connectivity index (χ0n) is 14.5. The second-order valence-corrected chi connectivity index (χ2v) is 6.15. The first-order valence-corrected chi connectivity index (χ1v) is 8.70. The van der Waals surface area contributed by atoms with Gasteiger partial charge < -0.3 is 18.9 Å². The van der Waals surface area contributed by atoms with E-state index in [1.54, 1.807) is 13.2 Å². The minimum atomic E-state index is -0.828. The van der Waals surface area contributed by atoms with Crippen molar-refractivity contribution in [1.29, 1.82) is 0 Å². The van der Waals surface area contributed by atoms with Gasteiger partial charge in [0, 0.05) is 17.5 Å². The number of rotatable bonds is 7. The van der Waals surface area contributed by atoms with E-state index in [2.05, 4.69) is 4.98 Å². The van der Waals surface area contributed by atoms with Crippen molar-refractivity contribution in [2.45, 2.75) is 32.3 Å². The average Bonchev–Trinajstić information content (AvgIpc) is 3.13. The van der Waals surface area contributed by atoms with Gasteiger partial charge in [0.05, 0.1) is 33.5 Å². The van der Waals surface area contributed by atoms with Gasteiger partial charge in [0.1, 0.15) is 5.15 Å². The minimum Gasteiger partial charge on any atom is -0.481 e. The highest BCUT2D eigenvalue weighted by Gasteiger charge is 2.40. The first-order valence-electron chi connectivity index (χ1n) is 8.32. The Kier molecular flexibility index (Phi) is 5.91. The van der Waals surface area contributed by atoms with Crippen LogP contribution >= 0.6 is 11.6 Å². The highest BCUT2D eigenvalue weighted by molar-refractivity contribution is 6.29. The molecule has 1 saturated heterocycles. The van der Waals surface area contributed by atoms with Crippen LogP contribution in [0.3, 0.4) is 0 Å². The van der Waals surface area contributed by atoms with E-state index < -0.39 is 5.79 Å². The molecule has 0 spiro atoms. The molecule has 1 fully saturated rings. The van der Waals surface area contributed by atoms with E-state index in [1.807, 2.05) is 37.3 Å². The van der Waals surface area contributed by atoms with Crippen molar-refractivity contribution in [2.24, 2.45) is 0 Å². The van der Waals surface area contributed by atoms with Crippen LogP contribution in [0.2, 0.25) is 5.15 Å². The molecule has 0 atom stereocenters. The van der Waals surface area contributed by atoms with Crippen molar-refractivity contribution in [1.82, 2.24) is 4.98 Å². The second-order valence-electron chi connectivity index (χ2n) is 5.76. The maximum Gasteiger partial charge on any atom is 0.220 e. The van der Waals surface area contributed by atoms with Gasteiger partial charge in [-0.15, -0.1) is 0 Å². The molecule has 134 valence electrons. The van der Waals surface area contributed by atoms with Crippen LogP contribution in [-0.4, -0.2) is 25.3 Å². The zero-order chi connectivity index (χ0) is 17.7. The van der Waals surface area contributed by atoms with Gasteiger partial charge in [-0.3, -0.25) is 0 Å². The maximum atomic E-state index is 6.19. The first kappa shape index (κ1) is 18.1. The summed E-state index contributed by atoms with van der Waals surface area (Å²) in [5.41, 5.74) is 2.72. The van der Waals surface area contributed by atoms with Gasteiger partial charge in [0.25, 0.3) is 0 Å². The van der Waals surface area contributed by atoms with Crippen LogP contribution in [0, 0.1) is 0 Å². The summed E-state index contributed by atoms with van der Waals surface area (Å²) in [6, 6.07) is 11.8. The third-order valence-electron chi connectivity index (χ3n) is 4.24. The van der Waals surface area contributed by atoms with Crippen molar-refractivity contribution < 1.29 is 18.9 Å². The van der Waals surface area contributed by atoms with Gasteiger partial charge in [-0.1, -0.05) is 48.9 Å². The van der Waals surface area contributed by atoms with Gasteiger partial charge in [0.2, 0.25) is 5.88 Å².